The van der Waals surface area contributed by atoms with Crippen LogP contribution in [0.1, 0.15) is 46.5 Å². The van der Waals surface area contributed by atoms with Gasteiger partial charge in [0, 0.05) is 38.3 Å². The van der Waals surface area contributed by atoms with E-state index < -0.39 is 5.60 Å². The molecule has 2 N–H and O–H groups in total. The molecule has 1 amide bonds. The second-order valence-corrected chi connectivity index (χ2v) is 7.10. The van der Waals surface area contributed by atoms with Crippen LogP contribution < -0.4 is 10.6 Å². The van der Waals surface area contributed by atoms with E-state index in [2.05, 4.69) is 15.5 Å². The predicted octanol–water partition coefficient (Wildman–Crippen LogP) is 1.73. The van der Waals surface area contributed by atoms with Crippen molar-refractivity contribution >= 4 is 6.09 Å². The van der Waals surface area contributed by atoms with E-state index >= 15 is 0 Å². The fourth-order valence-corrected chi connectivity index (χ4v) is 2.87. The minimum absolute atomic E-state index is 0.0206. The molecule has 20 heavy (non-hydrogen) atoms. The highest BCUT2D eigenvalue weighted by molar-refractivity contribution is 5.69. The molecule has 0 radical (unpaired) electrons. The summed E-state index contributed by atoms with van der Waals surface area (Å²) < 4.78 is 5.39. The van der Waals surface area contributed by atoms with Crippen molar-refractivity contribution in [3.8, 4) is 0 Å². The number of nitrogens with one attached hydrogen (secondary N) is 2. The van der Waals surface area contributed by atoms with E-state index in [-0.39, 0.29) is 11.6 Å². The van der Waals surface area contributed by atoms with Gasteiger partial charge in [-0.25, -0.2) is 4.79 Å². The van der Waals surface area contributed by atoms with E-state index in [1.807, 2.05) is 20.8 Å². The van der Waals surface area contributed by atoms with Gasteiger partial charge in [0.15, 0.2) is 0 Å². The van der Waals surface area contributed by atoms with Crippen LogP contribution in [0.4, 0.5) is 4.79 Å². The summed E-state index contributed by atoms with van der Waals surface area (Å²) in [7, 11) is 0. The summed E-state index contributed by atoms with van der Waals surface area (Å²) in [5, 5.41) is 6.49. The van der Waals surface area contributed by atoms with Crippen LogP contribution in [0.15, 0.2) is 0 Å². The molecule has 0 bridgehead atoms. The molecule has 1 heterocycles. The average Bonchev–Trinajstić information content (AvgIpc) is 2.31. The quantitative estimate of drug-likeness (QED) is 0.825. The standard InChI is InChI=1S/C15H29N3O2/c1-14(2,3)20-13(19)17-15(5-4-6-15)7-10-18-11-8-16-9-12-18/h16H,4-12H2,1-3H3,(H,17,19). The van der Waals surface area contributed by atoms with Gasteiger partial charge >= 0.3 is 6.09 Å². The molecule has 1 aliphatic heterocycles. The van der Waals surface area contributed by atoms with Gasteiger partial charge in [0.1, 0.15) is 5.60 Å². The average molecular weight is 283 g/mol. The first kappa shape index (κ1) is 15.6. The molecule has 0 aromatic heterocycles. The van der Waals surface area contributed by atoms with E-state index in [4.69, 9.17) is 4.74 Å². The molecule has 2 fully saturated rings. The lowest BCUT2D eigenvalue weighted by molar-refractivity contribution is 0.0352. The number of amides is 1. The topological polar surface area (TPSA) is 53.6 Å². The summed E-state index contributed by atoms with van der Waals surface area (Å²) in [5.74, 6) is 0. The van der Waals surface area contributed by atoms with Gasteiger partial charge < -0.3 is 20.3 Å². The second kappa shape index (κ2) is 6.31. The van der Waals surface area contributed by atoms with Crippen LogP contribution in [0, 0.1) is 0 Å². The van der Waals surface area contributed by atoms with Gasteiger partial charge in [0.05, 0.1) is 0 Å². The molecule has 1 aliphatic carbocycles. The van der Waals surface area contributed by atoms with E-state index in [9.17, 15) is 4.79 Å². The first-order valence-electron chi connectivity index (χ1n) is 7.83. The zero-order valence-electron chi connectivity index (χ0n) is 13.1. The minimum Gasteiger partial charge on any atom is -0.444 e. The molecule has 0 unspecified atom stereocenters. The Morgan fingerprint density at radius 2 is 1.95 bits per heavy atom. The van der Waals surface area contributed by atoms with Crippen LogP contribution in [0.25, 0.3) is 0 Å². The second-order valence-electron chi connectivity index (χ2n) is 7.10. The third-order valence-corrected chi connectivity index (χ3v) is 4.19. The summed E-state index contributed by atoms with van der Waals surface area (Å²) in [4.78, 5) is 14.4. The van der Waals surface area contributed by atoms with Crippen molar-refractivity contribution in [2.45, 2.75) is 57.6 Å². The summed E-state index contributed by atoms with van der Waals surface area (Å²) in [6.07, 6.45) is 4.14. The van der Waals surface area contributed by atoms with E-state index in [0.29, 0.717) is 0 Å². The van der Waals surface area contributed by atoms with Gasteiger partial charge in [-0.1, -0.05) is 0 Å². The van der Waals surface area contributed by atoms with Crippen LogP contribution in [0.5, 0.6) is 0 Å². The van der Waals surface area contributed by atoms with Crippen molar-refractivity contribution in [3.05, 3.63) is 0 Å². The Labute approximate surface area is 122 Å². The molecule has 2 aliphatic rings. The Kier molecular flexibility index (Phi) is 4.91. The molecule has 0 spiro atoms. The normalized spacial score (nSPS) is 22.9. The molecular weight excluding hydrogens is 254 g/mol. The van der Waals surface area contributed by atoms with Gasteiger partial charge in [-0.2, -0.15) is 0 Å². The number of rotatable bonds is 4. The Morgan fingerprint density at radius 1 is 1.30 bits per heavy atom. The Morgan fingerprint density at radius 3 is 2.45 bits per heavy atom. The maximum Gasteiger partial charge on any atom is 0.408 e. The minimum atomic E-state index is -0.423. The van der Waals surface area contributed by atoms with Crippen molar-refractivity contribution in [1.29, 1.82) is 0 Å². The van der Waals surface area contributed by atoms with Crippen molar-refractivity contribution in [1.82, 2.24) is 15.5 Å². The Bertz CT molecular complexity index is 329. The Balaban J connectivity index is 1.78. The number of carbonyl (C=O) groups excluding carboxylic acids is 1. The molecule has 5 nitrogen and oxygen atoms in total. The number of piperazine rings is 1. The summed E-state index contributed by atoms with van der Waals surface area (Å²) in [6, 6.07) is 0. The molecule has 0 aromatic carbocycles. The van der Waals surface area contributed by atoms with Gasteiger partial charge in [-0.05, 0) is 46.5 Å². The maximum atomic E-state index is 12.0. The van der Waals surface area contributed by atoms with E-state index in [1.54, 1.807) is 0 Å². The van der Waals surface area contributed by atoms with Crippen LogP contribution in [-0.4, -0.2) is 54.9 Å². The van der Waals surface area contributed by atoms with Crippen LogP contribution in [0.3, 0.4) is 0 Å². The molecular formula is C15H29N3O2. The number of hydrogen-bond acceptors (Lipinski definition) is 4. The third kappa shape index (κ3) is 4.63. The van der Waals surface area contributed by atoms with Crippen molar-refractivity contribution in [3.63, 3.8) is 0 Å². The molecule has 116 valence electrons. The van der Waals surface area contributed by atoms with Crippen molar-refractivity contribution < 1.29 is 9.53 Å². The van der Waals surface area contributed by atoms with E-state index in [0.717, 1.165) is 52.0 Å². The number of carbonyl (C=O) groups is 1. The molecule has 5 heteroatoms. The zero-order chi connectivity index (χ0) is 14.6. The lowest BCUT2D eigenvalue weighted by Crippen LogP contribution is -2.56. The fourth-order valence-electron chi connectivity index (χ4n) is 2.87. The predicted molar refractivity (Wildman–Crippen MR) is 79.9 cm³/mol. The van der Waals surface area contributed by atoms with Crippen LogP contribution in [0.2, 0.25) is 0 Å². The summed E-state index contributed by atoms with van der Waals surface area (Å²) >= 11 is 0. The lowest BCUT2D eigenvalue weighted by atomic mass is 9.74. The molecule has 0 aromatic rings. The highest BCUT2D eigenvalue weighted by atomic mass is 16.6. The SMILES string of the molecule is CC(C)(C)OC(=O)NC1(CCN2CCNCC2)CCC1. The summed E-state index contributed by atoms with van der Waals surface area (Å²) in [6.45, 7) is 11.2. The molecule has 2 rings (SSSR count). The molecule has 1 saturated heterocycles. The highest BCUT2D eigenvalue weighted by Gasteiger charge is 2.39. The van der Waals surface area contributed by atoms with Gasteiger partial charge in [0.2, 0.25) is 0 Å². The number of hydrogen-bond donors (Lipinski definition) is 2. The first-order chi connectivity index (χ1) is 9.39. The van der Waals surface area contributed by atoms with Crippen LogP contribution in [-0.2, 0) is 4.74 Å². The van der Waals surface area contributed by atoms with Gasteiger partial charge in [-0.3, -0.25) is 0 Å². The lowest BCUT2D eigenvalue weighted by Gasteiger charge is -2.44. The monoisotopic (exact) mass is 283 g/mol. The van der Waals surface area contributed by atoms with Gasteiger partial charge in [0.25, 0.3) is 0 Å². The smallest absolute Gasteiger partial charge is 0.408 e. The highest BCUT2D eigenvalue weighted by Crippen LogP contribution is 2.35. The zero-order valence-corrected chi connectivity index (χ0v) is 13.1. The summed E-state index contributed by atoms with van der Waals surface area (Å²) in [5.41, 5.74) is -0.444. The fraction of sp³-hybridized carbons (Fsp3) is 0.933. The first-order valence-corrected chi connectivity index (χ1v) is 7.83. The molecule has 0 atom stereocenters. The molecule has 1 saturated carbocycles. The Hall–Kier alpha value is -0.810. The number of nitrogens with zero attached hydrogens (tertiary/aromatic N) is 1. The largest absolute Gasteiger partial charge is 0.444 e. The van der Waals surface area contributed by atoms with Crippen molar-refractivity contribution in [2.75, 3.05) is 32.7 Å². The number of ether oxygens (including phenoxy) is 1. The third-order valence-electron chi connectivity index (χ3n) is 4.19. The number of alkyl carbamates (subject to hydrolysis) is 1. The van der Waals surface area contributed by atoms with Crippen molar-refractivity contribution in [2.24, 2.45) is 0 Å². The van der Waals surface area contributed by atoms with Crippen LogP contribution >= 0.6 is 0 Å². The maximum absolute atomic E-state index is 12.0. The van der Waals surface area contributed by atoms with E-state index in [1.165, 1.54) is 6.42 Å². The van der Waals surface area contributed by atoms with Gasteiger partial charge in [-0.15, -0.1) is 0 Å².